The van der Waals surface area contributed by atoms with Crippen molar-refractivity contribution in [2.75, 3.05) is 31.7 Å². The lowest BCUT2D eigenvalue weighted by molar-refractivity contribution is -0.122. The minimum Gasteiger partial charge on any atom is -0.385 e. The van der Waals surface area contributed by atoms with Crippen LogP contribution in [0.4, 0.5) is 5.82 Å². The molecule has 35 heavy (non-hydrogen) atoms. The number of anilines is 1. The van der Waals surface area contributed by atoms with E-state index in [2.05, 4.69) is 23.1 Å². The first-order valence-corrected chi connectivity index (χ1v) is 12.8. The Morgan fingerprint density at radius 2 is 1.97 bits per heavy atom. The lowest BCUT2D eigenvalue weighted by atomic mass is 9.99. The van der Waals surface area contributed by atoms with Gasteiger partial charge in [0.2, 0.25) is 0 Å². The Hall–Kier alpha value is -3.01. The summed E-state index contributed by atoms with van der Waals surface area (Å²) < 4.78 is 7.16. The summed E-state index contributed by atoms with van der Waals surface area (Å²) in [5.41, 5.74) is 4.29. The molecular formula is C26H26N4O3S2. The molecule has 2 aromatic heterocycles. The molecule has 180 valence electrons. The molecule has 2 aliphatic rings. The number of carbonyl (C=O) groups is 1. The molecule has 0 spiro atoms. The molecule has 0 bridgehead atoms. The fraction of sp³-hybridized carbons (Fsp3) is 0.308. The normalized spacial score (nSPS) is 17.0. The van der Waals surface area contributed by atoms with Crippen LogP contribution in [0.3, 0.4) is 0 Å². The van der Waals surface area contributed by atoms with Gasteiger partial charge in [-0.2, -0.15) is 0 Å². The van der Waals surface area contributed by atoms with Gasteiger partial charge in [-0.3, -0.25) is 18.9 Å². The molecule has 1 aromatic carbocycles. The van der Waals surface area contributed by atoms with Crippen molar-refractivity contribution in [3.63, 3.8) is 0 Å². The predicted molar refractivity (Wildman–Crippen MR) is 144 cm³/mol. The number of ether oxygens (including phenoxy) is 1. The largest absolute Gasteiger partial charge is 0.385 e. The van der Waals surface area contributed by atoms with Crippen molar-refractivity contribution in [3.8, 4) is 0 Å². The van der Waals surface area contributed by atoms with E-state index in [1.54, 1.807) is 28.7 Å². The zero-order valence-corrected chi connectivity index (χ0v) is 21.3. The van der Waals surface area contributed by atoms with Crippen LogP contribution in [0.5, 0.6) is 0 Å². The fourth-order valence-electron chi connectivity index (χ4n) is 4.54. The molecule has 1 fully saturated rings. The van der Waals surface area contributed by atoms with Crippen LogP contribution < -0.4 is 10.5 Å². The van der Waals surface area contributed by atoms with E-state index in [1.807, 2.05) is 25.1 Å². The quantitative estimate of drug-likeness (QED) is 0.286. The molecule has 1 amide bonds. The first-order valence-electron chi connectivity index (χ1n) is 11.6. The van der Waals surface area contributed by atoms with Crippen LogP contribution in [0.25, 0.3) is 11.7 Å². The third-order valence-electron chi connectivity index (χ3n) is 6.37. The zero-order chi connectivity index (χ0) is 24.5. The maximum Gasteiger partial charge on any atom is 0.267 e. The number of thioether (sulfide) groups is 1. The highest BCUT2D eigenvalue weighted by atomic mass is 32.2. The number of hydrogen-bond acceptors (Lipinski definition) is 7. The number of nitrogens with zero attached hydrogens (tertiary/aromatic N) is 4. The van der Waals surface area contributed by atoms with E-state index in [4.69, 9.17) is 21.9 Å². The van der Waals surface area contributed by atoms with E-state index < -0.39 is 0 Å². The average molecular weight is 507 g/mol. The molecule has 7 nitrogen and oxygen atoms in total. The smallest absolute Gasteiger partial charge is 0.267 e. The lowest BCUT2D eigenvalue weighted by Crippen LogP contribution is -2.34. The Morgan fingerprint density at radius 3 is 2.77 bits per heavy atom. The molecule has 9 heteroatoms. The fourth-order valence-corrected chi connectivity index (χ4v) is 5.83. The molecule has 5 rings (SSSR count). The van der Waals surface area contributed by atoms with Crippen LogP contribution in [0.15, 0.2) is 52.3 Å². The van der Waals surface area contributed by atoms with Gasteiger partial charge in [0.15, 0.2) is 0 Å². The Morgan fingerprint density at radius 1 is 1.17 bits per heavy atom. The van der Waals surface area contributed by atoms with Crippen LogP contribution in [0, 0.1) is 6.92 Å². The summed E-state index contributed by atoms with van der Waals surface area (Å²) in [4.78, 5) is 36.0. The molecule has 0 N–H and O–H groups in total. The Balaban J connectivity index is 1.60. The van der Waals surface area contributed by atoms with E-state index >= 15 is 0 Å². The Labute approximate surface area is 213 Å². The SMILES string of the molecule is COCCCN1C(=O)/C(=C/c2c(N3CCc4ccccc4C3)nc3c(C)cccn3c2=O)SC1=S. The molecule has 0 atom stereocenters. The van der Waals surface area contributed by atoms with Crippen molar-refractivity contribution in [1.29, 1.82) is 0 Å². The first kappa shape index (κ1) is 23.7. The zero-order valence-electron chi connectivity index (χ0n) is 19.7. The van der Waals surface area contributed by atoms with Crippen LogP contribution in [-0.2, 0) is 22.5 Å². The third kappa shape index (κ3) is 4.51. The number of aryl methyl sites for hydroxylation is 1. The summed E-state index contributed by atoms with van der Waals surface area (Å²) in [6.45, 7) is 4.38. The number of pyridine rings is 1. The van der Waals surface area contributed by atoms with Crippen molar-refractivity contribution in [2.24, 2.45) is 0 Å². The van der Waals surface area contributed by atoms with Crippen LogP contribution in [-0.4, -0.2) is 51.3 Å². The van der Waals surface area contributed by atoms with Gasteiger partial charge in [0.25, 0.3) is 11.5 Å². The minimum absolute atomic E-state index is 0.181. The number of benzene rings is 1. The molecule has 0 radical (unpaired) electrons. The number of carbonyl (C=O) groups excluding carboxylic acids is 1. The Kier molecular flexibility index (Phi) is 6.73. The number of methoxy groups -OCH3 is 1. The van der Waals surface area contributed by atoms with Crippen molar-refractivity contribution >= 4 is 51.7 Å². The van der Waals surface area contributed by atoms with Gasteiger partial charge in [0.1, 0.15) is 15.8 Å². The van der Waals surface area contributed by atoms with Crippen molar-refractivity contribution in [2.45, 2.75) is 26.3 Å². The van der Waals surface area contributed by atoms with Gasteiger partial charge >= 0.3 is 0 Å². The summed E-state index contributed by atoms with van der Waals surface area (Å²) in [5.74, 6) is 0.420. The number of hydrogen-bond donors (Lipinski definition) is 0. The maximum atomic E-state index is 13.7. The van der Waals surface area contributed by atoms with Gasteiger partial charge < -0.3 is 9.64 Å². The van der Waals surface area contributed by atoms with Crippen molar-refractivity contribution in [1.82, 2.24) is 14.3 Å². The summed E-state index contributed by atoms with van der Waals surface area (Å²) in [6.07, 6.45) is 4.95. The van der Waals surface area contributed by atoms with Crippen molar-refractivity contribution < 1.29 is 9.53 Å². The van der Waals surface area contributed by atoms with E-state index in [-0.39, 0.29) is 11.5 Å². The molecule has 0 aliphatic carbocycles. The maximum absolute atomic E-state index is 13.7. The van der Waals surface area contributed by atoms with Gasteiger partial charge in [-0.05, 0) is 48.6 Å². The number of amides is 1. The van der Waals surface area contributed by atoms with Gasteiger partial charge in [-0.1, -0.05) is 54.3 Å². The van der Waals surface area contributed by atoms with E-state index in [9.17, 15) is 9.59 Å². The molecule has 2 aliphatic heterocycles. The van der Waals surface area contributed by atoms with Crippen LogP contribution in [0.2, 0.25) is 0 Å². The second-order valence-corrected chi connectivity index (χ2v) is 10.3. The topological polar surface area (TPSA) is 67.2 Å². The van der Waals surface area contributed by atoms with Gasteiger partial charge in [0.05, 0.1) is 10.5 Å². The molecule has 3 aromatic rings. The molecule has 4 heterocycles. The summed E-state index contributed by atoms with van der Waals surface area (Å²) in [5, 5.41) is 0. The highest BCUT2D eigenvalue weighted by molar-refractivity contribution is 8.26. The van der Waals surface area contributed by atoms with Crippen LogP contribution in [0.1, 0.15) is 28.7 Å². The second kappa shape index (κ2) is 9.93. The summed E-state index contributed by atoms with van der Waals surface area (Å²) >= 11 is 6.70. The second-order valence-electron chi connectivity index (χ2n) is 8.66. The monoisotopic (exact) mass is 506 g/mol. The highest BCUT2D eigenvalue weighted by Crippen LogP contribution is 2.34. The number of fused-ring (bicyclic) bond motifs is 2. The Bertz CT molecular complexity index is 1420. The van der Waals surface area contributed by atoms with Gasteiger partial charge in [0, 0.05) is 39.5 Å². The minimum atomic E-state index is -0.197. The average Bonchev–Trinajstić information content (AvgIpc) is 3.13. The molecule has 1 saturated heterocycles. The standard InChI is InChI=1S/C26H26N4O3S2/c1-17-7-5-11-29-22(17)27-23(28-13-10-18-8-3-4-9-19(18)16-28)20(24(29)31)15-21-25(32)30(26(34)35-21)12-6-14-33-2/h3-5,7-9,11,15H,6,10,12-14,16H2,1-2H3/b21-15-. The highest BCUT2D eigenvalue weighted by Gasteiger charge is 2.33. The summed E-state index contributed by atoms with van der Waals surface area (Å²) in [7, 11) is 1.63. The van der Waals surface area contributed by atoms with Gasteiger partial charge in [-0.25, -0.2) is 4.98 Å². The van der Waals surface area contributed by atoms with Gasteiger partial charge in [-0.15, -0.1) is 0 Å². The molecule has 0 saturated carbocycles. The third-order valence-corrected chi connectivity index (χ3v) is 7.75. The van der Waals surface area contributed by atoms with E-state index in [0.717, 1.165) is 18.5 Å². The molecular weight excluding hydrogens is 480 g/mol. The van der Waals surface area contributed by atoms with Crippen LogP contribution >= 0.6 is 24.0 Å². The number of aromatic nitrogens is 2. The number of rotatable bonds is 6. The lowest BCUT2D eigenvalue weighted by Gasteiger charge is -2.31. The number of thiocarbonyl (C=S) groups is 1. The predicted octanol–water partition coefficient (Wildman–Crippen LogP) is 3.80. The summed E-state index contributed by atoms with van der Waals surface area (Å²) in [6, 6.07) is 12.1. The molecule has 0 unspecified atom stereocenters. The first-order chi connectivity index (χ1) is 17.0. The van der Waals surface area contributed by atoms with Crippen molar-refractivity contribution in [3.05, 3.63) is 80.1 Å². The van der Waals surface area contributed by atoms with E-state index in [0.29, 0.717) is 52.4 Å². The van der Waals surface area contributed by atoms with E-state index in [1.165, 1.54) is 22.9 Å².